The zero-order valence-electron chi connectivity index (χ0n) is 21.2. The second-order valence-corrected chi connectivity index (χ2v) is 9.41. The molecular formula is C30H32ClN5O2. The van der Waals surface area contributed by atoms with Crippen molar-refractivity contribution in [1.82, 2.24) is 20.8 Å². The molecule has 8 heteroatoms. The lowest BCUT2D eigenvalue weighted by Crippen LogP contribution is -2.48. The molecule has 0 spiro atoms. The Bertz CT molecular complexity index is 1260. The van der Waals surface area contributed by atoms with E-state index in [0.29, 0.717) is 36.4 Å². The molecule has 196 valence electrons. The van der Waals surface area contributed by atoms with E-state index in [9.17, 15) is 5.26 Å². The van der Waals surface area contributed by atoms with Gasteiger partial charge in [-0.25, -0.2) is 5.43 Å². The van der Waals surface area contributed by atoms with Crippen molar-refractivity contribution in [2.75, 3.05) is 45.9 Å². The molecule has 0 aliphatic carbocycles. The molecule has 0 radical (unpaired) electrons. The van der Waals surface area contributed by atoms with Crippen LogP contribution in [0.1, 0.15) is 34.7 Å². The smallest absolute Gasteiger partial charge is 0.152 e. The molecule has 1 atom stereocenters. The fraction of sp³-hybridized carbons (Fsp3) is 0.300. The predicted molar refractivity (Wildman–Crippen MR) is 149 cm³/mol. The molecule has 1 fully saturated rings. The molecule has 1 saturated heterocycles. The Morgan fingerprint density at radius 2 is 1.63 bits per heavy atom. The topological polar surface area (TPSA) is 83.8 Å². The minimum Gasteiger partial charge on any atom is -0.490 e. The van der Waals surface area contributed by atoms with Crippen LogP contribution in [0.5, 0.6) is 5.75 Å². The number of hydrazine groups is 1. The van der Waals surface area contributed by atoms with Gasteiger partial charge in [-0.05, 0) is 35.4 Å². The molecule has 1 aliphatic rings. The lowest BCUT2D eigenvalue weighted by atomic mass is 9.96. The molecule has 1 heterocycles. The van der Waals surface area contributed by atoms with Crippen LogP contribution >= 0.6 is 11.6 Å². The summed E-state index contributed by atoms with van der Waals surface area (Å²) in [6.45, 7) is 5.46. The maximum absolute atomic E-state index is 9.57. The average molecular weight is 530 g/mol. The molecule has 0 saturated carbocycles. The Labute approximate surface area is 229 Å². The molecule has 4 rings (SSSR count). The van der Waals surface area contributed by atoms with Crippen LogP contribution in [-0.2, 0) is 0 Å². The molecule has 3 N–H and O–H groups in total. The van der Waals surface area contributed by atoms with Crippen molar-refractivity contribution in [1.29, 1.82) is 5.26 Å². The summed E-state index contributed by atoms with van der Waals surface area (Å²) >= 11 is 6.16. The van der Waals surface area contributed by atoms with Crippen molar-refractivity contribution in [2.24, 2.45) is 0 Å². The number of nitrogens with zero attached hydrogens (tertiary/aromatic N) is 3. The lowest BCUT2D eigenvalue weighted by molar-refractivity contribution is 0.0976. The summed E-state index contributed by atoms with van der Waals surface area (Å²) in [5.74, 6) is 6.65. The lowest BCUT2D eigenvalue weighted by Gasteiger charge is -2.39. The van der Waals surface area contributed by atoms with Gasteiger partial charge in [-0.2, -0.15) is 5.26 Å². The average Bonchev–Trinajstić information content (AvgIpc) is 2.96. The molecule has 0 bridgehead atoms. The van der Waals surface area contributed by atoms with E-state index in [1.54, 1.807) is 6.07 Å². The van der Waals surface area contributed by atoms with Gasteiger partial charge in [0, 0.05) is 50.7 Å². The summed E-state index contributed by atoms with van der Waals surface area (Å²) in [5, 5.41) is 18.9. The standard InChI is InChI=1S/C30H32ClN5O2/c31-28-14-12-25(13-15-28)29(24-7-2-1-3-8-24)36-19-17-35(18-20-36)21-22-38-30-26(9-4-5-16-33-34-37)10-6-11-27(30)23-32/h1-3,6-8,10-15,29,33-34,37H,5,16-22H2/t29-/m1/s1. The fourth-order valence-corrected chi connectivity index (χ4v) is 4.76. The Morgan fingerprint density at radius 3 is 2.34 bits per heavy atom. The van der Waals surface area contributed by atoms with Gasteiger partial charge >= 0.3 is 0 Å². The molecule has 1 aliphatic heterocycles. The van der Waals surface area contributed by atoms with E-state index in [-0.39, 0.29) is 6.04 Å². The first kappa shape index (κ1) is 27.6. The summed E-state index contributed by atoms with van der Waals surface area (Å²) in [7, 11) is 0. The molecule has 3 aromatic rings. The highest BCUT2D eigenvalue weighted by Crippen LogP contribution is 2.30. The monoisotopic (exact) mass is 529 g/mol. The molecule has 0 amide bonds. The van der Waals surface area contributed by atoms with Gasteiger partial charge in [0.25, 0.3) is 0 Å². The van der Waals surface area contributed by atoms with Gasteiger partial charge in [-0.1, -0.05) is 72.0 Å². The Balaban J connectivity index is 1.35. The Hall–Kier alpha value is -3.40. The van der Waals surface area contributed by atoms with Gasteiger partial charge in [-0.3, -0.25) is 9.80 Å². The van der Waals surface area contributed by atoms with Gasteiger partial charge in [0.2, 0.25) is 0 Å². The summed E-state index contributed by atoms with van der Waals surface area (Å²) in [6.07, 6.45) is 0.536. The van der Waals surface area contributed by atoms with Crippen LogP contribution < -0.4 is 15.8 Å². The highest BCUT2D eigenvalue weighted by Gasteiger charge is 2.26. The molecular weight excluding hydrogens is 498 g/mol. The van der Waals surface area contributed by atoms with E-state index in [1.807, 2.05) is 35.9 Å². The highest BCUT2D eigenvalue weighted by molar-refractivity contribution is 6.30. The molecule has 3 aromatic carbocycles. The number of nitriles is 1. The van der Waals surface area contributed by atoms with E-state index in [2.05, 4.69) is 69.5 Å². The van der Waals surface area contributed by atoms with Crippen LogP contribution in [0.25, 0.3) is 0 Å². The fourth-order valence-electron chi connectivity index (χ4n) is 4.63. The minimum atomic E-state index is 0.180. The summed E-state index contributed by atoms with van der Waals surface area (Å²) in [5.41, 5.74) is 8.15. The van der Waals surface area contributed by atoms with E-state index in [0.717, 1.165) is 37.7 Å². The van der Waals surface area contributed by atoms with Gasteiger partial charge in [0.15, 0.2) is 5.75 Å². The number of nitrogens with one attached hydrogen (secondary N) is 2. The van der Waals surface area contributed by atoms with Crippen LogP contribution in [0.4, 0.5) is 0 Å². The third-order valence-electron chi connectivity index (χ3n) is 6.54. The number of para-hydroxylation sites is 1. The largest absolute Gasteiger partial charge is 0.490 e. The Morgan fingerprint density at radius 1 is 0.921 bits per heavy atom. The zero-order chi connectivity index (χ0) is 26.6. The molecule has 0 unspecified atom stereocenters. The number of benzene rings is 3. The van der Waals surface area contributed by atoms with Gasteiger partial charge in [-0.15, -0.1) is 5.59 Å². The predicted octanol–water partition coefficient (Wildman–Crippen LogP) is 4.22. The second-order valence-electron chi connectivity index (χ2n) is 8.98. The number of hydrogen-bond acceptors (Lipinski definition) is 7. The van der Waals surface area contributed by atoms with Gasteiger partial charge in [0.1, 0.15) is 12.7 Å². The molecule has 38 heavy (non-hydrogen) atoms. The SMILES string of the molecule is N#Cc1cccc(C#CCCNNO)c1OCCN1CCN([C@H](c2ccccc2)c2ccc(Cl)cc2)CC1. The van der Waals surface area contributed by atoms with E-state index in [1.165, 1.54) is 11.1 Å². The highest BCUT2D eigenvalue weighted by atomic mass is 35.5. The third-order valence-corrected chi connectivity index (χ3v) is 6.79. The van der Waals surface area contributed by atoms with E-state index in [4.69, 9.17) is 21.5 Å². The van der Waals surface area contributed by atoms with Crippen LogP contribution in [0.2, 0.25) is 5.02 Å². The third kappa shape index (κ3) is 7.56. The maximum atomic E-state index is 9.57. The summed E-state index contributed by atoms with van der Waals surface area (Å²) in [4.78, 5) is 4.92. The quantitative estimate of drug-likeness (QED) is 0.206. The number of ether oxygens (including phenoxy) is 1. The van der Waals surface area contributed by atoms with Crippen molar-refractivity contribution in [2.45, 2.75) is 12.5 Å². The minimum absolute atomic E-state index is 0.180. The zero-order valence-corrected chi connectivity index (χ0v) is 22.0. The first-order valence-electron chi connectivity index (χ1n) is 12.7. The molecule has 0 aromatic heterocycles. The number of piperazine rings is 1. The maximum Gasteiger partial charge on any atom is 0.152 e. The number of rotatable bonds is 10. The second kappa shape index (κ2) is 14.5. The summed E-state index contributed by atoms with van der Waals surface area (Å²) < 4.78 is 6.10. The van der Waals surface area contributed by atoms with E-state index >= 15 is 0 Å². The summed E-state index contributed by atoms with van der Waals surface area (Å²) in [6, 6.07) is 26.6. The van der Waals surface area contributed by atoms with Crippen molar-refractivity contribution >= 4 is 11.6 Å². The van der Waals surface area contributed by atoms with Crippen LogP contribution in [-0.4, -0.2) is 60.9 Å². The molecule has 7 nitrogen and oxygen atoms in total. The Kier molecular flexibility index (Phi) is 10.6. The number of hydrogen-bond donors (Lipinski definition) is 3. The van der Waals surface area contributed by atoms with Crippen LogP contribution in [0, 0.1) is 23.2 Å². The van der Waals surface area contributed by atoms with Gasteiger partial charge in [0.05, 0.1) is 17.2 Å². The van der Waals surface area contributed by atoms with E-state index < -0.39 is 0 Å². The van der Waals surface area contributed by atoms with Crippen molar-refractivity contribution in [3.63, 3.8) is 0 Å². The normalized spacial score (nSPS) is 14.8. The van der Waals surface area contributed by atoms with Crippen LogP contribution in [0.15, 0.2) is 72.8 Å². The van der Waals surface area contributed by atoms with Crippen molar-refractivity contribution < 1.29 is 9.94 Å². The van der Waals surface area contributed by atoms with Gasteiger partial charge < -0.3 is 9.94 Å². The first-order valence-corrected chi connectivity index (χ1v) is 13.1. The number of halogens is 1. The first-order chi connectivity index (χ1) is 18.7. The van der Waals surface area contributed by atoms with Crippen LogP contribution in [0.3, 0.4) is 0 Å². The van der Waals surface area contributed by atoms with Crippen molar-refractivity contribution in [3.8, 4) is 23.7 Å². The van der Waals surface area contributed by atoms with Crippen molar-refractivity contribution in [3.05, 3.63) is 100 Å².